The maximum Gasteiger partial charge on any atom is 0.275 e. The Morgan fingerprint density at radius 2 is 2.10 bits per heavy atom. The molecule has 2 aliphatic heterocycles. The van der Waals surface area contributed by atoms with Crippen LogP contribution in [-0.4, -0.2) is 42.8 Å². The summed E-state index contributed by atoms with van der Waals surface area (Å²) in [7, 11) is 0. The van der Waals surface area contributed by atoms with Gasteiger partial charge < -0.3 is 5.11 Å². The molecule has 7 heteroatoms. The summed E-state index contributed by atoms with van der Waals surface area (Å²) in [5.41, 5.74) is 0.619. The van der Waals surface area contributed by atoms with Crippen molar-refractivity contribution in [2.24, 2.45) is 0 Å². The van der Waals surface area contributed by atoms with E-state index in [2.05, 4.69) is 15.0 Å². The lowest BCUT2D eigenvalue weighted by atomic mass is 10.0. The number of aliphatic hydroxyl groups is 1. The Morgan fingerprint density at radius 3 is 2.81 bits per heavy atom. The van der Waals surface area contributed by atoms with Crippen LogP contribution in [0.5, 0.6) is 0 Å². The van der Waals surface area contributed by atoms with Gasteiger partial charge in [-0.2, -0.15) is 9.61 Å². The largest absolute Gasteiger partial charge is 0.393 e. The van der Waals surface area contributed by atoms with Crippen molar-refractivity contribution in [3.63, 3.8) is 0 Å². The maximum absolute atomic E-state index is 11.9. The van der Waals surface area contributed by atoms with Crippen molar-refractivity contribution in [2.75, 3.05) is 0 Å². The predicted octanol–water partition coefficient (Wildman–Crippen LogP) is 0.947. The van der Waals surface area contributed by atoms with Gasteiger partial charge in [-0.15, -0.1) is 0 Å². The molecule has 0 aromatic carbocycles. The monoisotopic (exact) mass is 306 g/mol. The molecule has 2 unspecified atom stereocenters. The van der Waals surface area contributed by atoms with Crippen LogP contribution in [0.25, 0.3) is 4.96 Å². The van der Waals surface area contributed by atoms with Gasteiger partial charge in [0.25, 0.3) is 5.56 Å². The van der Waals surface area contributed by atoms with Crippen LogP contribution in [0.2, 0.25) is 0 Å². The zero-order valence-corrected chi connectivity index (χ0v) is 12.7. The molecule has 0 saturated carbocycles. The number of rotatable bonds is 2. The minimum absolute atomic E-state index is 0.114. The van der Waals surface area contributed by atoms with E-state index in [1.807, 2.05) is 6.92 Å². The number of hydrogen-bond donors (Lipinski definition) is 1. The standard InChI is InChI=1S/C14H18N4O2S/c1-8-4-13(20)18-14(15-8)21-12(16-18)7-17-9-2-3-10(17)6-11(19)5-9/h4,9-11,19H,2-3,5-7H2,1H3. The number of fused-ring (bicyclic) bond motifs is 3. The van der Waals surface area contributed by atoms with E-state index >= 15 is 0 Å². The smallest absolute Gasteiger partial charge is 0.275 e. The second-order valence-electron chi connectivity index (χ2n) is 6.11. The summed E-state index contributed by atoms with van der Waals surface area (Å²) in [5.74, 6) is 0. The van der Waals surface area contributed by atoms with E-state index in [9.17, 15) is 9.90 Å². The first-order valence-corrected chi connectivity index (χ1v) is 8.22. The molecule has 4 heterocycles. The Labute approximate surface area is 126 Å². The van der Waals surface area contributed by atoms with Crippen molar-refractivity contribution in [1.29, 1.82) is 0 Å². The first-order valence-electron chi connectivity index (χ1n) is 7.40. The molecule has 21 heavy (non-hydrogen) atoms. The van der Waals surface area contributed by atoms with Crippen molar-refractivity contribution in [3.05, 3.63) is 27.1 Å². The predicted molar refractivity (Wildman–Crippen MR) is 79.5 cm³/mol. The van der Waals surface area contributed by atoms with Crippen LogP contribution in [0.4, 0.5) is 0 Å². The first-order chi connectivity index (χ1) is 10.1. The van der Waals surface area contributed by atoms with Crippen LogP contribution >= 0.6 is 11.3 Å². The lowest BCUT2D eigenvalue weighted by molar-refractivity contribution is 0.0308. The van der Waals surface area contributed by atoms with E-state index in [1.54, 1.807) is 0 Å². The number of aromatic nitrogens is 3. The Kier molecular flexibility index (Phi) is 3.09. The lowest BCUT2D eigenvalue weighted by Gasteiger charge is -2.36. The highest BCUT2D eigenvalue weighted by Gasteiger charge is 2.40. The van der Waals surface area contributed by atoms with Gasteiger partial charge in [-0.05, 0) is 32.6 Å². The number of piperidine rings is 1. The summed E-state index contributed by atoms with van der Waals surface area (Å²) in [6.07, 6.45) is 3.88. The summed E-state index contributed by atoms with van der Waals surface area (Å²) < 4.78 is 1.40. The Hall–Kier alpha value is -1.31. The molecular weight excluding hydrogens is 288 g/mol. The number of nitrogens with zero attached hydrogens (tertiary/aromatic N) is 4. The van der Waals surface area contributed by atoms with Crippen molar-refractivity contribution < 1.29 is 5.11 Å². The molecule has 2 fully saturated rings. The van der Waals surface area contributed by atoms with Gasteiger partial charge in [-0.1, -0.05) is 11.3 Å². The van der Waals surface area contributed by atoms with Crippen LogP contribution < -0.4 is 5.56 Å². The summed E-state index contributed by atoms with van der Waals surface area (Å²) in [6.45, 7) is 2.58. The molecule has 0 amide bonds. The van der Waals surface area contributed by atoms with Gasteiger partial charge >= 0.3 is 0 Å². The van der Waals surface area contributed by atoms with E-state index in [0.29, 0.717) is 17.0 Å². The second kappa shape index (κ2) is 4.86. The number of aryl methyl sites for hydroxylation is 1. The number of aliphatic hydroxyl groups excluding tert-OH is 1. The van der Waals surface area contributed by atoms with Crippen molar-refractivity contribution in [2.45, 2.75) is 57.3 Å². The number of hydrogen-bond acceptors (Lipinski definition) is 6. The summed E-state index contributed by atoms with van der Waals surface area (Å²) >= 11 is 1.49. The Morgan fingerprint density at radius 1 is 1.38 bits per heavy atom. The molecule has 2 aromatic heterocycles. The zero-order valence-electron chi connectivity index (χ0n) is 11.9. The fourth-order valence-electron chi connectivity index (χ4n) is 3.68. The zero-order chi connectivity index (χ0) is 14.6. The third-order valence-electron chi connectivity index (χ3n) is 4.59. The van der Waals surface area contributed by atoms with E-state index in [1.165, 1.54) is 21.9 Å². The molecule has 0 radical (unpaired) electrons. The van der Waals surface area contributed by atoms with Gasteiger partial charge in [-0.25, -0.2) is 4.98 Å². The molecule has 2 aliphatic rings. The van der Waals surface area contributed by atoms with Crippen LogP contribution in [0, 0.1) is 6.92 Å². The second-order valence-corrected chi connectivity index (χ2v) is 7.15. The highest BCUT2D eigenvalue weighted by molar-refractivity contribution is 7.16. The molecule has 0 aliphatic carbocycles. The average Bonchev–Trinajstić information content (AvgIpc) is 2.90. The van der Waals surface area contributed by atoms with Crippen LogP contribution in [-0.2, 0) is 6.54 Å². The first kappa shape index (κ1) is 13.4. The van der Waals surface area contributed by atoms with E-state index in [0.717, 1.165) is 42.9 Å². The Bertz CT molecular complexity index is 726. The highest BCUT2D eigenvalue weighted by Crippen LogP contribution is 2.37. The molecule has 2 saturated heterocycles. The summed E-state index contributed by atoms with van der Waals surface area (Å²) in [6, 6.07) is 2.42. The summed E-state index contributed by atoms with van der Waals surface area (Å²) in [5, 5.41) is 15.2. The molecule has 2 aromatic rings. The fraction of sp³-hybridized carbons (Fsp3) is 0.643. The molecule has 2 bridgehead atoms. The van der Waals surface area contributed by atoms with E-state index in [4.69, 9.17) is 0 Å². The maximum atomic E-state index is 11.9. The van der Waals surface area contributed by atoms with Crippen LogP contribution in [0.3, 0.4) is 0 Å². The van der Waals surface area contributed by atoms with Gasteiger partial charge in [-0.3, -0.25) is 9.69 Å². The normalized spacial score (nSPS) is 29.3. The van der Waals surface area contributed by atoms with Crippen LogP contribution in [0.1, 0.15) is 36.4 Å². The molecule has 6 nitrogen and oxygen atoms in total. The molecule has 4 rings (SSSR count). The van der Waals surface area contributed by atoms with Gasteiger partial charge in [0.05, 0.1) is 12.6 Å². The minimum atomic E-state index is -0.152. The van der Waals surface area contributed by atoms with Gasteiger partial charge in [0.1, 0.15) is 5.01 Å². The van der Waals surface area contributed by atoms with Gasteiger partial charge in [0, 0.05) is 23.8 Å². The Balaban J connectivity index is 1.63. The molecule has 0 spiro atoms. The fourth-order valence-corrected chi connectivity index (χ4v) is 4.64. The molecule has 112 valence electrons. The molecule has 2 atom stereocenters. The van der Waals surface area contributed by atoms with Crippen molar-refractivity contribution >= 4 is 16.3 Å². The SMILES string of the molecule is Cc1cc(=O)n2nc(CN3C4CCC3CC(O)C4)sc2n1. The van der Waals surface area contributed by atoms with Crippen molar-refractivity contribution in [1.82, 2.24) is 19.5 Å². The third-order valence-corrected chi connectivity index (χ3v) is 5.49. The quantitative estimate of drug-likeness (QED) is 0.894. The van der Waals surface area contributed by atoms with E-state index in [-0.39, 0.29) is 11.7 Å². The molecular formula is C14H18N4O2S. The van der Waals surface area contributed by atoms with Crippen molar-refractivity contribution in [3.8, 4) is 0 Å². The molecule has 1 N–H and O–H groups in total. The van der Waals surface area contributed by atoms with Gasteiger partial charge in [0.15, 0.2) is 0 Å². The minimum Gasteiger partial charge on any atom is -0.393 e. The lowest BCUT2D eigenvalue weighted by Crippen LogP contribution is -2.44. The summed E-state index contributed by atoms with van der Waals surface area (Å²) in [4.78, 5) is 19.4. The van der Waals surface area contributed by atoms with Gasteiger partial charge in [0.2, 0.25) is 4.96 Å². The van der Waals surface area contributed by atoms with E-state index < -0.39 is 0 Å². The average molecular weight is 306 g/mol. The van der Waals surface area contributed by atoms with Crippen LogP contribution in [0.15, 0.2) is 10.9 Å². The third kappa shape index (κ3) is 2.29. The topological polar surface area (TPSA) is 70.7 Å². The highest BCUT2D eigenvalue weighted by atomic mass is 32.1.